The molecule has 1 fully saturated rings. The molecule has 5 heteroatoms. The summed E-state index contributed by atoms with van der Waals surface area (Å²) in [6.45, 7) is 0. The van der Waals surface area contributed by atoms with Crippen LogP contribution in [0.15, 0.2) is 0 Å². The molecule has 0 radical (unpaired) electrons. The Bertz CT molecular complexity index is 217. The summed E-state index contributed by atoms with van der Waals surface area (Å²) in [4.78, 5) is 22.8. The van der Waals surface area contributed by atoms with E-state index in [1.54, 1.807) is 0 Å². The molecule has 0 aliphatic carbocycles. The summed E-state index contributed by atoms with van der Waals surface area (Å²) in [6.07, 6.45) is 6.11. The van der Waals surface area contributed by atoms with Gasteiger partial charge in [0.1, 0.15) is 0 Å². The molecule has 1 heterocycles. The van der Waals surface area contributed by atoms with E-state index in [2.05, 4.69) is 0 Å². The summed E-state index contributed by atoms with van der Waals surface area (Å²) in [5.41, 5.74) is 0. The predicted molar refractivity (Wildman–Crippen MR) is 54.6 cm³/mol. The number of nitrogens with zero attached hydrogens (tertiary/aromatic N) is 1. The second kappa shape index (κ2) is 3.70. The van der Waals surface area contributed by atoms with Crippen molar-refractivity contribution in [1.82, 2.24) is 4.31 Å². The van der Waals surface area contributed by atoms with Crippen molar-refractivity contribution in [1.29, 1.82) is 0 Å². The predicted octanol–water partition coefficient (Wildman–Crippen LogP) is 0.653. The number of amides is 2. The quantitative estimate of drug-likeness (QED) is 0.534. The van der Waals surface area contributed by atoms with E-state index in [1.165, 1.54) is 16.1 Å². The molecule has 0 aromatic carbocycles. The topological polar surface area (TPSA) is 37.4 Å². The Morgan fingerprint density at radius 1 is 1.50 bits per heavy atom. The molecule has 12 heavy (non-hydrogen) atoms. The van der Waals surface area contributed by atoms with Crippen molar-refractivity contribution >= 4 is 34.7 Å². The van der Waals surface area contributed by atoms with E-state index in [0.717, 1.165) is 0 Å². The SMILES string of the molecule is CSC1CC(=O)N([SH](C)C)C1=O. The van der Waals surface area contributed by atoms with E-state index in [1.807, 2.05) is 18.8 Å². The van der Waals surface area contributed by atoms with E-state index in [0.29, 0.717) is 6.42 Å². The van der Waals surface area contributed by atoms with Crippen LogP contribution in [0.1, 0.15) is 6.42 Å². The van der Waals surface area contributed by atoms with Gasteiger partial charge in [0.2, 0.25) is 5.91 Å². The molecule has 0 bridgehead atoms. The number of hydrogen-bond acceptors (Lipinski definition) is 3. The van der Waals surface area contributed by atoms with Crippen LogP contribution in [0.2, 0.25) is 0 Å². The van der Waals surface area contributed by atoms with Crippen LogP contribution in [0.3, 0.4) is 0 Å². The van der Waals surface area contributed by atoms with Crippen molar-refractivity contribution in [3.63, 3.8) is 0 Å². The first-order valence-corrected chi connectivity index (χ1v) is 7.12. The van der Waals surface area contributed by atoms with Crippen molar-refractivity contribution in [3.8, 4) is 0 Å². The highest BCUT2D eigenvalue weighted by atomic mass is 32.2. The van der Waals surface area contributed by atoms with Crippen LogP contribution in [-0.2, 0) is 9.59 Å². The standard InChI is InChI=1S/C7H13NO2S2/c1-11-5-4-6(9)8(7(5)10)12(2)3/h5,12H,4H2,1-3H3. The van der Waals surface area contributed by atoms with Gasteiger partial charge in [0.15, 0.2) is 0 Å². The third-order valence-corrected chi connectivity index (χ3v) is 3.92. The molecule has 1 atom stereocenters. The number of carbonyl (C=O) groups is 2. The van der Waals surface area contributed by atoms with Gasteiger partial charge in [-0.3, -0.25) is 9.59 Å². The Morgan fingerprint density at radius 3 is 2.33 bits per heavy atom. The molecule has 70 valence electrons. The number of thioether (sulfide) groups is 1. The minimum absolute atomic E-state index is 0.00334. The van der Waals surface area contributed by atoms with Crippen LogP contribution in [0, 0.1) is 0 Å². The molecule has 0 aromatic heterocycles. The molecule has 1 rings (SSSR count). The molecule has 1 saturated heterocycles. The molecular formula is C7H13NO2S2. The third-order valence-electron chi connectivity index (χ3n) is 1.76. The van der Waals surface area contributed by atoms with Gasteiger partial charge in [0.25, 0.3) is 5.91 Å². The zero-order chi connectivity index (χ0) is 9.30. The Hall–Kier alpha value is -0.160. The lowest BCUT2D eigenvalue weighted by Crippen LogP contribution is -2.27. The Morgan fingerprint density at radius 2 is 2.08 bits per heavy atom. The van der Waals surface area contributed by atoms with E-state index in [9.17, 15) is 9.59 Å². The summed E-state index contributed by atoms with van der Waals surface area (Å²) in [5.74, 6) is -0.000859. The smallest absolute Gasteiger partial charge is 0.251 e. The first-order chi connectivity index (χ1) is 5.57. The summed E-state index contributed by atoms with van der Waals surface area (Å²) >= 11 is 0.872. The van der Waals surface area contributed by atoms with E-state index in [4.69, 9.17) is 0 Å². The molecule has 0 spiro atoms. The van der Waals surface area contributed by atoms with Crippen molar-refractivity contribution < 1.29 is 9.59 Å². The first-order valence-electron chi connectivity index (χ1n) is 3.64. The summed E-state index contributed by atoms with van der Waals surface area (Å²) in [6, 6.07) is 0. The lowest BCUT2D eigenvalue weighted by Gasteiger charge is -2.21. The average molecular weight is 207 g/mol. The van der Waals surface area contributed by atoms with Crippen LogP contribution >= 0.6 is 22.8 Å². The maximum atomic E-state index is 11.5. The molecule has 1 aliphatic rings. The molecule has 0 aromatic rings. The highest BCUT2D eigenvalue weighted by molar-refractivity contribution is 8.14. The zero-order valence-corrected chi connectivity index (χ0v) is 9.11. The van der Waals surface area contributed by atoms with Gasteiger partial charge in [-0.15, -0.1) is 0 Å². The van der Waals surface area contributed by atoms with Crippen molar-refractivity contribution in [2.45, 2.75) is 11.7 Å². The van der Waals surface area contributed by atoms with Gasteiger partial charge in [-0.2, -0.15) is 22.8 Å². The number of carbonyl (C=O) groups excluding carboxylic acids is 2. The number of rotatable bonds is 2. The number of imide groups is 1. The second-order valence-electron chi connectivity index (χ2n) is 2.82. The van der Waals surface area contributed by atoms with Crippen LogP contribution in [0.5, 0.6) is 0 Å². The van der Waals surface area contributed by atoms with Crippen molar-refractivity contribution in [2.24, 2.45) is 0 Å². The van der Waals surface area contributed by atoms with Gasteiger partial charge in [-0.1, -0.05) is 0 Å². The molecule has 0 saturated carbocycles. The summed E-state index contributed by atoms with van der Waals surface area (Å²) in [7, 11) is 0. The molecule has 0 N–H and O–H groups in total. The Balaban J connectivity index is 2.77. The third kappa shape index (κ3) is 1.61. The lowest BCUT2D eigenvalue weighted by atomic mass is 10.4. The molecule has 1 unspecified atom stereocenters. The maximum Gasteiger partial charge on any atom is 0.251 e. The highest BCUT2D eigenvalue weighted by Gasteiger charge is 2.38. The fourth-order valence-electron chi connectivity index (χ4n) is 1.20. The zero-order valence-electron chi connectivity index (χ0n) is 7.40. The fourth-order valence-corrected chi connectivity index (χ4v) is 2.95. The van der Waals surface area contributed by atoms with Crippen molar-refractivity contribution in [2.75, 3.05) is 18.8 Å². The highest BCUT2D eigenvalue weighted by Crippen LogP contribution is 2.33. The largest absolute Gasteiger partial charge is 0.273 e. The minimum Gasteiger partial charge on any atom is -0.273 e. The first kappa shape index (κ1) is 9.92. The normalized spacial score (nSPS) is 25.1. The Kier molecular flexibility index (Phi) is 3.06. The summed E-state index contributed by atoms with van der Waals surface area (Å²) in [5, 5.41) is -0.123. The number of thiol groups is 1. The molecule has 3 nitrogen and oxygen atoms in total. The van der Waals surface area contributed by atoms with E-state index < -0.39 is 11.1 Å². The summed E-state index contributed by atoms with van der Waals surface area (Å²) < 4.78 is 1.43. The molecular weight excluding hydrogens is 194 g/mol. The van der Waals surface area contributed by atoms with Gasteiger partial charge < -0.3 is 0 Å². The van der Waals surface area contributed by atoms with Crippen LogP contribution < -0.4 is 0 Å². The fraction of sp³-hybridized carbons (Fsp3) is 0.714. The maximum absolute atomic E-state index is 11.5. The minimum atomic E-state index is -0.592. The van der Waals surface area contributed by atoms with Gasteiger partial charge in [0.05, 0.1) is 5.25 Å². The van der Waals surface area contributed by atoms with Gasteiger partial charge in [-0.05, 0) is 18.8 Å². The monoisotopic (exact) mass is 207 g/mol. The van der Waals surface area contributed by atoms with E-state index in [-0.39, 0.29) is 17.1 Å². The van der Waals surface area contributed by atoms with Crippen molar-refractivity contribution in [3.05, 3.63) is 0 Å². The second-order valence-corrected chi connectivity index (χ2v) is 5.95. The van der Waals surface area contributed by atoms with Crippen LogP contribution in [0.25, 0.3) is 0 Å². The van der Waals surface area contributed by atoms with Gasteiger partial charge >= 0.3 is 0 Å². The average Bonchev–Trinajstić information content (AvgIpc) is 2.25. The lowest BCUT2D eigenvalue weighted by molar-refractivity contribution is -0.131. The van der Waals surface area contributed by atoms with Gasteiger partial charge in [-0.25, -0.2) is 4.31 Å². The Labute approximate surface area is 79.4 Å². The van der Waals surface area contributed by atoms with Crippen LogP contribution in [0.4, 0.5) is 0 Å². The molecule has 1 aliphatic heterocycles. The van der Waals surface area contributed by atoms with Crippen LogP contribution in [-0.4, -0.2) is 40.1 Å². The van der Waals surface area contributed by atoms with Gasteiger partial charge in [0, 0.05) is 6.42 Å². The number of hydrogen-bond donors (Lipinski definition) is 1. The van der Waals surface area contributed by atoms with E-state index >= 15 is 0 Å². The molecule has 2 amide bonds.